The molecule has 0 fully saturated rings. The molecule has 1 aromatic carbocycles. The summed E-state index contributed by atoms with van der Waals surface area (Å²) in [5.74, 6) is 2.57. The third-order valence-electron chi connectivity index (χ3n) is 3.28. The lowest BCUT2D eigenvalue weighted by Crippen LogP contribution is -2.11. The molecule has 2 aromatic rings. The summed E-state index contributed by atoms with van der Waals surface area (Å²) < 4.78 is 11.0. The van der Waals surface area contributed by atoms with Crippen molar-refractivity contribution in [2.24, 2.45) is 0 Å². The zero-order chi connectivity index (χ0) is 15.2. The van der Waals surface area contributed by atoms with Crippen LogP contribution in [0.4, 0.5) is 0 Å². The van der Waals surface area contributed by atoms with Gasteiger partial charge in [0.1, 0.15) is 11.5 Å². The average Bonchev–Trinajstić information content (AvgIpc) is 2.81. The van der Waals surface area contributed by atoms with Gasteiger partial charge in [-0.3, -0.25) is 0 Å². The maximum Gasteiger partial charge on any atom is 0.256 e. The van der Waals surface area contributed by atoms with Crippen molar-refractivity contribution in [2.75, 3.05) is 13.7 Å². The number of aromatic nitrogens is 1. The van der Waals surface area contributed by atoms with Gasteiger partial charge in [-0.1, -0.05) is 24.8 Å². The van der Waals surface area contributed by atoms with Crippen molar-refractivity contribution < 1.29 is 9.15 Å². The molecule has 0 aliphatic rings. The van der Waals surface area contributed by atoms with Gasteiger partial charge in [0.05, 0.1) is 12.8 Å². The standard InChI is InChI=1S/C16H22N2O2S/c1-5-17-9-13-6-7-15(19-4)14(8-13)10-21-16-18-11(2)12(3)20-16/h6-8,17H,5,9-10H2,1-4H3. The molecule has 0 spiro atoms. The second-order valence-corrected chi connectivity index (χ2v) is 5.76. The van der Waals surface area contributed by atoms with Crippen molar-refractivity contribution in [3.05, 3.63) is 40.8 Å². The average molecular weight is 306 g/mol. The SMILES string of the molecule is CCNCc1ccc(OC)c(CSc2nc(C)c(C)o2)c1. The fourth-order valence-corrected chi connectivity index (χ4v) is 2.86. The van der Waals surface area contributed by atoms with Crippen LogP contribution in [0, 0.1) is 13.8 Å². The predicted octanol–water partition coefficient (Wildman–Crippen LogP) is 3.70. The molecule has 0 bridgehead atoms. The Morgan fingerprint density at radius 1 is 1.33 bits per heavy atom. The van der Waals surface area contributed by atoms with Crippen LogP contribution >= 0.6 is 11.8 Å². The van der Waals surface area contributed by atoms with E-state index >= 15 is 0 Å². The number of hydrogen-bond donors (Lipinski definition) is 1. The van der Waals surface area contributed by atoms with Crippen LogP contribution in [-0.2, 0) is 12.3 Å². The minimum atomic E-state index is 0.712. The molecule has 0 saturated carbocycles. The molecular formula is C16H22N2O2S. The number of thioether (sulfide) groups is 1. The number of methoxy groups -OCH3 is 1. The van der Waals surface area contributed by atoms with Crippen molar-refractivity contribution in [3.63, 3.8) is 0 Å². The van der Waals surface area contributed by atoms with Gasteiger partial charge in [0.25, 0.3) is 5.22 Å². The van der Waals surface area contributed by atoms with Crippen molar-refractivity contribution in [2.45, 2.75) is 38.3 Å². The highest BCUT2D eigenvalue weighted by Crippen LogP contribution is 2.29. The van der Waals surface area contributed by atoms with Gasteiger partial charge in [-0.15, -0.1) is 0 Å². The highest BCUT2D eigenvalue weighted by atomic mass is 32.2. The lowest BCUT2D eigenvalue weighted by molar-refractivity contribution is 0.410. The Labute approximate surface area is 130 Å². The molecule has 114 valence electrons. The van der Waals surface area contributed by atoms with Gasteiger partial charge in [0.15, 0.2) is 0 Å². The Kier molecular flexibility index (Phi) is 5.70. The Bertz CT molecular complexity index is 576. The van der Waals surface area contributed by atoms with Crippen LogP contribution in [0.25, 0.3) is 0 Å². The zero-order valence-corrected chi connectivity index (χ0v) is 13.8. The van der Waals surface area contributed by atoms with Gasteiger partial charge in [0.2, 0.25) is 0 Å². The van der Waals surface area contributed by atoms with Gasteiger partial charge in [-0.2, -0.15) is 0 Å². The van der Waals surface area contributed by atoms with E-state index in [0.29, 0.717) is 5.22 Å². The summed E-state index contributed by atoms with van der Waals surface area (Å²) >= 11 is 1.59. The molecule has 2 rings (SSSR count). The van der Waals surface area contributed by atoms with E-state index in [1.807, 2.05) is 19.9 Å². The van der Waals surface area contributed by atoms with Crippen molar-refractivity contribution in [1.29, 1.82) is 0 Å². The minimum Gasteiger partial charge on any atom is -0.496 e. The number of ether oxygens (including phenoxy) is 1. The Hall–Kier alpha value is -1.46. The lowest BCUT2D eigenvalue weighted by atomic mass is 10.1. The maximum atomic E-state index is 5.60. The number of nitrogens with one attached hydrogen (secondary N) is 1. The second kappa shape index (κ2) is 7.52. The monoisotopic (exact) mass is 306 g/mol. The van der Waals surface area contributed by atoms with Gasteiger partial charge < -0.3 is 14.5 Å². The summed E-state index contributed by atoms with van der Waals surface area (Å²) in [6.45, 7) is 7.83. The fourth-order valence-electron chi connectivity index (χ4n) is 1.97. The molecular weight excluding hydrogens is 284 g/mol. The topological polar surface area (TPSA) is 47.3 Å². The summed E-state index contributed by atoms with van der Waals surface area (Å²) in [5, 5.41) is 4.05. The summed E-state index contributed by atoms with van der Waals surface area (Å²) in [4.78, 5) is 4.40. The molecule has 0 atom stereocenters. The molecule has 1 aromatic heterocycles. The smallest absolute Gasteiger partial charge is 0.256 e. The number of nitrogens with zero attached hydrogens (tertiary/aromatic N) is 1. The highest BCUT2D eigenvalue weighted by Gasteiger charge is 2.10. The normalized spacial score (nSPS) is 10.9. The molecule has 21 heavy (non-hydrogen) atoms. The minimum absolute atomic E-state index is 0.712. The summed E-state index contributed by atoms with van der Waals surface area (Å²) in [7, 11) is 1.70. The molecule has 0 aliphatic carbocycles. The first-order valence-electron chi connectivity index (χ1n) is 7.07. The second-order valence-electron chi connectivity index (χ2n) is 4.84. The van der Waals surface area contributed by atoms with E-state index in [1.54, 1.807) is 18.9 Å². The van der Waals surface area contributed by atoms with E-state index < -0.39 is 0 Å². The first kappa shape index (κ1) is 15.9. The predicted molar refractivity (Wildman–Crippen MR) is 85.9 cm³/mol. The third kappa shape index (κ3) is 4.25. The fraction of sp³-hybridized carbons (Fsp3) is 0.438. The van der Waals surface area contributed by atoms with E-state index in [-0.39, 0.29) is 0 Å². The van der Waals surface area contributed by atoms with Gasteiger partial charge >= 0.3 is 0 Å². The Balaban J connectivity index is 2.09. The van der Waals surface area contributed by atoms with E-state index in [0.717, 1.165) is 41.6 Å². The molecule has 5 heteroatoms. The Morgan fingerprint density at radius 2 is 2.14 bits per heavy atom. The number of oxazole rings is 1. The first-order chi connectivity index (χ1) is 10.1. The molecule has 1 heterocycles. The number of hydrogen-bond acceptors (Lipinski definition) is 5. The lowest BCUT2D eigenvalue weighted by Gasteiger charge is -2.10. The largest absolute Gasteiger partial charge is 0.496 e. The van der Waals surface area contributed by atoms with Gasteiger partial charge in [-0.05, 0) is 38.1 Å². The maximum absolute atomic E-state index is 5.60. The van der Waals surface area contributed by atoms with E-state index in [1.165, 1.54) is 5.56 Å². The van der Waals surface area contributed by atoms with E-state index in [4.69, 9.17) is 9.15 Å². The van der Waals surface area contributed by atoms with Crippen molar-refractivity contribution in [3.8, 4) is 5.75 Å². The molecule has 1 N–H and O–H groups in total. The van der Waals surface area contributed by atoms with Crippen LogP contribution < -0.4 is 10.1 Å². The van der Waals surface area contributed by atoms with E-state index in [2.05, 4.69) is 29.4 Å². The summed E-state index contributed by atoms with van der Waals surface area (Å²) in [6, 6.07) is 6.29. The third-order valence-corrected chi connectivity index (χ3v) is 4.16. The van der Waals surface area contributed by atoms with Crippen LogP contribution in [-0.4, -0.2) is 18.6 Å². The highest BCUT2D eigenvalue weighted by molar-refractivity contribution is 7.98. The Morgan fingerprint density at radius 3 is 2.76 bits per heavy atom. The number of aryl methyl sites for hydroxylation is 2. The summed E-state index contributed by atoms with van der Waals surface area (Å²) in [5.41, 5.74) is 3.37. The molecule has 0 radical (unpaired) electrons. The van der Waals surface area contributed by atoms with Crippen LogP contribution in [0.1, 0.15) is 29.5 Å². The molecule has 0 aliphatic heterocycles. The van der Waals surface area contributed by atoms with Gasteiger partial charge in [0, 0.05) is 17.9 Å². The summed E-state index contributed by atoms with van der Waals surface area (Å²) in [6.07, 6.45) is 0. The van der Waals surface area contributed by atoms with Crippen LogP contribution in [0.15, 0.2) is 27.8 Å². The van der Waals surface area contributed by atoms with Crippen LogP contribution in [0.3, 0.4) is 0 Å². The van der Waals surface area contributed by atoms with Gasteiger partial charge in [-0.25, -0.2) is 4.98 Å². The quantitative estimate of drug-likeness (QED) is 0.790. The first-order valence-corrected chi connectivity index (χ1v) is 8.06. The molecule has 4 nitrogen and oxygen atoms in total. The van der Waals surface area contributed by atoms with Crippen molar-refractivity contribution >= 4 is 11.8 Å². The van der Waals surface area contributed by atoms with Crippen LogP contribution in [0.5, 0.6) is 5.75 Å². The zero-order valence-electron chi connectivity index (χ0n) is 13.0. The van der Waals surface area contributed by atoms with Crippen LogP contribution in [0.2, 0.25) is 0 Å². The van der Waals surface area contributed by atoms with Crippen molar-refractivity contribution in [1.82, 2.24) is 10.3 Å². The molecule has 0 saturated heterocycles. The molecule has 0 unspecified atom stereocenters. The number of rotatable bonds is 7. The van der Waals surface area contributed by atoms with E-state index in [9.17, 15) is 0 Å². The molecule has 0 amide bonds. The number of benzene rings is 1.